The minimum Gasteiger partial charge on any atom is -0.339 e. The smallest absolute Gasteiger partial charge is 0.245 e. The van der Waals surface area contributed by atoms with Gasteiger partial charge in [-0.15, -0.1) is 5.10 Å². The highest BCUT2D eigenvalue weighted by atomic mass is 35.5. The highest BCUT2D eigenvalue weighted by molar-refractivity contribution is 6.30. The van der Waals surface area contributed by atoms with E-state index < -0.39 is 0 Å². The number of H-pyrrole nitrogens is 1. The third-order valence-corrected chi connectivity index (χ3v) is 3.98. The van der Waals surface area contributed by atoms with Crippen molar-refractivity contribution in [3.8, 4) is 11.4 Å². The highest BCUT2D eigenvalue weighted by Gasteiger charge is 2.21. The van der Waals surface area contributed by atoms with Gasteiger partial charge in [0.05, 0.1) is 0 Å². The lowest BCUT2D eigenvalue weighted by atomic mass is 9.99. The van der Waals surface area contributed by atoms with E-state index in [0.717, 1.165) is 48.4 Å². The van der Waals surface area contributed by atoms with Crippen molar-refractivity contribution in [2.45, 2.75) is 12.8 Å². The van der Waals surface area contributed by atoms with Gasteiger partial charge < -0.3 is 10.6 Å². The summed E-state index contributed by atoms with van der Waals surface area (Å²) in [5.41, 5.74) is 6.75. The molecule has 0 radical (unpaired) electrons. The molecule has 1 unspecified atom stereocenters. The summed E-state index contributed by atoms with van der Waals surface area (Å²) in [4.78, 5) is 6.78. The monoisotopic (exact) mass is 291 g/mol. The number of hydrogen-bond donors (Lipinski definition) is 2. The Kier molecular flexibility index (Phi) is 3.89. The largest absolute Gasteiger partial charge is 0.339 e. The van der Waals surface area contributed by atoms with Gasteiger partial charge in [0, 0.05) is 23.7 Å². The van der Waals surface area contributed by atoms with Gasteiger partial charge in [0.15, 0.2) is 5.82 Å². The van der Waals surface area contributed by atoms with E-state index >= 15 is 0 Å². The molecule has 1 fully saturated rings. The minimum absolute atomic E-state index is 0.543. The maximum absolute atomic E-state index is 5.89. The van der Waals surface area contributed by atoms with Gasteiger partial charge in [0.2, 0.25) is 5.95 Å². The first-order valence-electron chi connectivity index (χ1n) is 6.89. The summed E-state index contributed by atoms with van der Waals surface area (Å²) in [6.07, 6.45) is 2.34. The molecule has 1 aromatic carbocycles. The van der Waals surface area contributed by atoms with Gasteiger partial charge in [-0.05, 0) is 49.6 Å². The number of rotatable bonds is 3. The van der Waals surface area contributed by atoms with Crippen LogP contribution in [0.2, 0.25) is 5.02 Å². The molecule has 0 saturated carbocycles. The highest BCUT2D eigenvalue weighted by Crippen LogP contribution is 2.23. The van der Waals surface area contributed by atoms with Crippen LogP contribution in [0.3, 0.4) is 0 Å². The lowest BCUT2D eigenvalue weighted by molar-refractivity contribution is 0.420. The predicted molar refractivity (Wildman–Crippen MR) is 80.8 cm³/mol. The van der Waals surface area contributed by atoms with Crippen LogP contribution in [0.25, 0.3) is 11.4 Å². The molecule has 5 nitrogen and oxygen atoms in total. The van der Waals surface area contributed by atoms with Crippen molar-refractivity contribution < 1.29 is 0 Å². The second kappa shape index (κ2) is 5.81. The number of piperidine rings is 1. The lowest BCUT2D eigenvalue weighted by Gasteiger charge is -2.31. The molecule has 2 heterocycles. The maximum Gasteiger partial charge on any atom is 0.245 e. The standard InChI is InChI=1S/C14H18ClN5/c15-12-5-3-11(4-6-12)13-17-14(19-18-13)20-7-1-2-10(8-16)9-20/h3-6,10H,1-2,7-9,16H2,(H,17,18,19). The van der Waals surface area contributed by atoms with Crippen LogP contribution in [0, 0.1) is 5.92 Å². The van der Waals surface area contributed by atoms with Crippen LogP contribution in [-0.4, -0.2) is 34.8 Å². The summed E-state index contributed by atoms with van der Waals surface area (Å²) in [7, 11) is 0. The zero-order chi connectivity index (χ0) is 13.9. The van der Waals surface area contributed by atoms with Gasteiger partial charge in [0.25, 0.3) is 0 Å². The van der Waals surface area contributed by atoms with Crippen molar-refractivity contribution in [2.75, 3.05) is 24.5 Å². The van der Waals surface area contributed by atoms with Crippen LogP contribution in [0.5, 0.6) is 0 Å². The number of nitrogens with two attached hydrogens (primary N) is 1. The fraction of sp³-hybridized carbons (Fsp3) is 0.429. The van der Waals surface area contributed by atoms with Gasteiger partial charge in [0.1, 0.15) is 0 Å². The molecule has 0 bridgehead atoms. The van der Waals surface area contributed by atoms with Gasteiger partial charge in [-0.3, -0.25) is 5.10 Å². The number of benzene rings is 1. The fourth-order valence-electron chi connectivity index (χ4n) is 2.57. The molecular formula is C14H18ClN5. The summed E-state index contributed by atoms with van der Waals surface area (Å²) in [5.74, 6) is 2.07. The molecule has 2 aromatic rings. The van der Waals surface area contributed by atoms with Crippen LogP contribution >= 0.6 is 11.6 Å². The number of anilines is 1. The Balaban J connectivity index is 1.78. The van der Waals surface area contributed by atoms with Gasteiger partial charge in [-0.1, -0.05) is 11.6 Å². The molecule has 20 heavy (non-hydrogen) atoms. The number of halogens is 1. The Morgan fingerprint density at radius 3 is 2.90 bits per heavy atom. The number of hydrogen-bond acceptors (Lipinski definition) is 4. The molecule has 0 amide bonds. The third kappa shape index (κ3) is 2.78. The first-order valence-corrected chi connectivity index (χ1v) is 7.27. The number of nitrogens with zero attached hydrogens (tertiary/aromatic N) is 3. The van der Waals surface area contributed by atoms with E-state index in [2.05, 4.69) is 20.1 Å². The maximum atomic E-state index is 5.89. The summed E-state index contributed by atoms with van der Waals surface area (Å²) in [6, 6.07) is 7.58. The van der Waals surface area contributed by atoms with E-state index in [1.54, 1.807) is 0 Å². The van der Waals surface area contributed by atoms with Crippen LogP contribution in [0.15, 0.2) is 24.3 Å². The number of nitrogens with one attached hydrogen (secondary N) is 1. The molecule has 0 aliphatic carbocycles. The minimum atomic E-state index is 0.543. The summed E-state index contributed by atoms with van der Waals surface area (Å²) in [6.45, 7) is 2.66. The van der Waals surface area contributed by atoms with Crippen molar-refractivity contribution in [1.29, 1.82) is 0 Å². The summed E-state index contributed by atoms with van der Waals surface area (Å²) < 4.78 is 0. The molecule has 3 N–H and O–H groups in total. The average Bonchev–Trinajstić information content (AvgIpc) is 2.98. The van der Waals surface area contributed by atoms with E-state index in [0.29, 0.717) is 5.92 Å². The Morgan fingerprint density at radius 2 is 2.15 bits per heavy atom. The molecule has 1 aliphatic heterocycles. The fourth-order valence-corrected chi connectivity index (χ4v) is 2.70. The van der Waals surface area contributed by atoms with Crippen molar-refractivity contribution >= 4 is 17.5 Å². The quantitative estimate of drug-likeness (QED) is 0.910. The van der Waals surface area contributed by atoms with Gasteiger partial charge in [-0.2, -0.15) is 4.98 Å². The van der Waals surface area contributed by atoms with E-state index in [4.69, 9.17) is 17.3 Å². The first kappa shape index (κ1) is 13.4. The van der Waals surface area contributed by atoms with Crippen LogP contribution < -0.4 is 10.6 Å². The van der Waals surface area contributed by atoms with Crippen molar-refractivity contribution in [2.24, 2.45) is 11.7 Å². The second-order valence-electron chi connectivity index (χ2n) is 5.18. The number of aromatic amines is 1. The Morgan fingerprint density at radius 1 is 1.35 bits per heavy atom. The Labute approximate surface area is 123 Å². The van der Waals surface area contributed by atoms with Crippen molar-refractivity contribution in [3.05, 3.63) is 29.3 Å². The second-order valence-corrected chi connectivity index (χ2v) is 5.62. The van der Waals surface area contributed by atoms with Gasteiger partial charge >= 0.3 is 0 Å². The average molecular weight is 292 g/mol. The SMILES string of the molecule is NCC1CCCN(c2n[nH]c(-c3ccc(Cl)cc3)n2)C1. The molecule has 1 aromatic heterocycles. The topological polar surface area (TPSA) is 70.8 Å². The zero-order valence-corrected chi connectivity index (χ0v) is 12.0. The molecule has 1 aliphatic rings. The van der Waals surface area contributed by atoms with Crippen LogP contribution in [0.1, 0.15) is 12.8 Å². The van der Waals surface area contributed by atoms with E-state index in [1.165, 1.54) is 6.42 Å². The van der Waals surface area contributed by atoms with Crippen LogP contribution in [0.4, 0.5) is 5.95 Å². The molecule has 1 atom stereocenters. The summed E-state index contributed by atoms with van der Waals surface area (Å²) in [5, 5.41) is 8.04. The normalized spacial score (nSPS) is 19.3. The Bertz CT molecular complexity index is 565. The molecule has 6 heteroatoms. The lowest BCUT2D eigenvalue weighted by Crippen LogP contribution is -2.38. The van der Waals surface area contributed by atoms with Crippen molar-refractivity contribution in [1.82, 2.24) is 15.2 Å². The zero-order valence-electron chi connectivity index (χ0n) is 11.2. The molecule has 3 rings (SSSR count). The first-order chi connectivity index (χ1) is 9.76. The Hall–Kier alpha value is -1.59. The molecule has 0 spiro atoms. The van der Waals surface area contributed by atoms with E-state index in [1.807, 2.05) is 24.3 Å². The molecule has 106 valence electrons. The molecule has 1 saturated heterocycles. The number of aromatic nitrogens is 3. The molecular weight excluding hydrogens is 274 g/mol. The van der Waals surface area contributed by atoms with Crippen molar-refractivity contribution in [3.63, 3.8) is 0 Å². The van der Waals surface area contributed by atoms with E-state index in [9.17, 15) is 0 Å². The predicted octanol–water partition coefficient (Wildman–Crippen LogP) is 2.30. The van der Waals surface area contributed by atoms with Gasteiger partial charge in [-0.25, -0.2) is 0 Å². The van der Waals surface area contributed by atoms with E-state index in [-0.39, 0.29) is 0 Å². The summed E-state index contributed by atoms with van der Waals surface area (Å²) >= 11 is 5.89. The third-order valence-electron chi connectivity index (χ3n) is 3.73. The van der Waals surface area contributed by atoms with Crippen LogP contribution in [-0.2, 0) is 0 Å².